The molecule has 0 fully saturated rings. The van der Waals surface area contributed by atoms with Crippen LogP contribution in [-0.2, 0) is 6.42 Å². The van der Waals surface area contributed by atoms with E-state index in [1.165, 1.54) is 5.56 Å². The summed E-state index contributed by atoms with van der Waals surface area (Å²) >= 11 is 0. The van der Waals surface area contributed by atoms with Gasteiger partial charge in [0.25, 0.3) is 0 Å². The van der Waals surface area contributed by atoms with Crippen LogP contribution in [0.4, 0.5) is 5.82 Å². The van der Waals surface area contributed by atoms with Crippen LogP contribution < -0.4 is 5.32 Å². The first-order valence-corrected chi connectivity index (χ1v) is 6.67. The van der Waals surface area contributed by atoms with E-state index in [9.17, 15) is 0 Å². The second-order valence-corrected chi connectivity index (χ2v) is 4.62. The Labute approximate surface area is 118 Å². The fourth-order valence-electron chi connectivity index (χ4n) is 2.19. The van der Waals surface area contributed by atoms with E-state index >= 15 is 0 Å². The van der Waals surface area contributed by atoms with Gasteiger partial charge >= 0.3 is 0 Å². The number of furan rings is 1. The van der Waals surface area contributed by atoms with Crippen LogP contribution in [0.2, 0.25) is 0 Å². The number of nitrogens with zero attached hydrogens (tertiary/aromatic N) is 1. The Kier molecular flexibility index (Phi) is 3.78. The van der Waals surface area contributed by atoms with E-state index in [-0.39, 0.29) is 6.04 Å². The molecule has 20 heavy (non-hydrogen) atoms. The van der Waals surface area contributed by atoms with Crippen LogP contribution in [0.15, 0.2) is 77.5 Å². The maximum Gasteiger partial charge on any atom is 0.126 e. The van der Waals surface area contributed by atoms with Crippen molar-refractivity contribution in [2.75, 3.05) is 5.32 Å². The standard InChI is InChI=1S/C17H16N2O/c1-2-7-14(8-3-1)13-15(16-9-6-12-20-16)19-17-10-4-5-11-18-17/h1-12,15H,13H2,(H,18,19). The van der Waals surface area contributed by atoms with Crippen molar-refractivity contribution >= 4 is 5.82 Å². The van der Waals surface area contributed by atoms with E-state index in [4.69, 9.17) is 4.42 Å². The molecule has 3 aromatic rings. The van der Waals surface area contributed by atoms with Gasteiger partial charge in [0.15, 0.2) is 0 Å². The van der Waals surface area contributed by atoms with Gasteiger partial charge in [-0.05, 0) is 36.2 Å². The summed E-state index contributed by atoms with van der Waals surface area (Å²) in [5.74, 6) is 1.77. The zero-order chi connectivity index (χ0) is 13.6. The van der Waals surface area contributed by atoms with Gasteiger partial charge in [-0.3, -0.25) is 0 Å². The van der Waals surface area contributed by atoms with Gasteiger partial charge in [0.05, 0.1) is 12.3 Å². The summed E-state index contributed by atoms with van der Waals surface area (Å²) < 4.78 is 5.55. The minimum atomic E-state index is 0.0716. The van der Waals surface area contributed by atoms with Gasteiger partial charge in [-0.15, -0.1) is 0 Å². The molecule has 1 N–H and O–H groups in total. The van der Waals surface area contributed by atoms with E-state index in [2.05, 4.69) is 34.6 Å². The quantitative estimate of drug-likeness (QED) is 0.755. The molecular weight excluding hydrogens is 248 g/mol. The fourth-order valence-corrected chi connectivity index (χ4v) is 2.19. The van der Waals surface area contributed by atoms with E-state index in [1.54, 1.807) is 12.5 Å². The van der Waals surface area contributed by atoms with Gasteiger partial charge < -0.3 is 9.73 Å². The van der Waals surface area contributed by atoms with Crippen LogP contribution in [0, 0.1) is 0 Å². The molecule has 2 aromatic heterocycles. The number of pyridine rings is 1. The Morgan fingerprint density at radius 2 is 1.80 bits per heavy atom. The molecule has 0 aliphatic carbocycles. The van der Waals surface area contributed by atoms with Gasteiger partial charge in [-0.1, -0.05) is 36.4 Å². The average molecular weight is 264 g/mol. The number of nitrogens with one attached hydrogen (secondary N) is 1. The lowest BCUT2D eigenvalue weighted by molar-refractivity contribution is 0.477. The molecule has 0 aliphatic rings. The number of aromatic nitrogens is 1. The number of hydrogen-bond donors (Lipinski definition) is 1. The van der Waals surface area contributed by atoms with Crippen molar-refractivity contribution in [2.45, 2.75) is 12.5 Å². The molecule has 0 aliphatic heterocycles. The van der Waals surface area contributed by atoms with Crippen molar-refractivity contribution in [3.05, 3.63) is 84.4 Å². The lowest BCUT2D eigenvalue weighted by Gasteiger charge is -2.17. The van der Waals surface area contributed by atoms with Crippen LogP contribution in [0.5, 0.6) is 0 Å². The van der Waals surface area contributed by atoms with Crippen LogP contribution in [0.1, 0.15) is 17.4 Å². The van der Waals surface area contributed by atoms with Crippen LogP contribution >= 0.6 is 0 Å². The highest BCUT2D eigenvalue weighted by Crippen LogP contribution is 2.22. The molecule has 1 aromatic carbocycles. The molecule has 0 radical (unpaired) electrons. The Hall–Kier alpha value is -2.55. The Morgan fingerprint density at radius 1 is 0.950 bits per heavy atom. The summed E-state index contributed by atoms with van der Waals surface area (Å²) in [6, 6.07) is 20.2. The lowest BCUT2D eigenvalue weighted by atomic mass is 10.0. The molecule has 0 amide bonds. The Morgan fingerprint density at radius 3 is 2.50 bits per heavy atom. The zero-order valence-corrected chi connectivity index (χ0v) is 11.1. The molecule has 2 heterocycles. The molecule has 0 spiro atoms. The average Bonchev–Trinajstić information content (AvgIpc) is 3.03. The predicted octanol–water partition coefficient (Wildman–Crippen LogP) is 4.07. The summed E-state index contributed by atoms with van der Waals surface area (Å²) in [5.41, 5.74) is 1.26. The zero-order valence-electron chi connectivity index (χ0n) is 11.1. The van der Waals surface area contributed by atoms with E-state index in [0.717, 1.165) is 18.0 Å². The summed E-state index contributed by atoms with van der Waals surface area (Å²) in [4.78, 5) is 4.32. The highest BCUT2D eigenvalue weighted by atomic mass is 16.3. The van der Waals surface area contributed by atoms with Gasteiger partial charge in [0.2, 0.25) is 0 Å². The normalized spacial score (nSPS) is 12.0. The number of hydrogen-bond acceptors (Lipinski definition) is 3. The first kappa shape index (κ1) is 12.5. The summed E-state index contributed by atoms with van der Waals surface area (Å²) in [5, 5.41) is 3.43. The van der Waals surface area contributed by atoms with Crippen molar-refractivity contribution in [3.8, 4) is 0 Å². The topological polar surface area (TPSA) is 38.1 Å². The Bertz CT molecular complexity index is 579. The van der Waals surface area contributed by atoms with E-state index in [1.807, 2.05) is 36.4 Å². The van der Waals surface area contributed by atoms with Gasteiger partial charge in [-0.2, -0.15) is 0 Å². The minimum Gasteiger partial charge on any atom is -0.467 e. The fraction of sp³-hybridized carbons (Fsp3) is 0.118. The molecule has 1 unspecified atom stereocenters. The van der Waals surface area contributed by atoms with Crippen molar-refractivity contribution in [1.29, 1.82) is 0 Å². The van der Waals surface area contributed by atoms with Crippen molar-refractivity contribution in [1.82, 2.24) is 4.98 Å². The Balaban J connectivity index is 1.81. The molecule has 0 saturated heterocycles. The second kappa shape index (κ2) is 6.06. The number of benzene rings is 1. The third-order valence-corrected chi connectivity index (χ3v) is 3.16. The van der Waals surface area contributed by atoms with Gasteiger partial charge in [0, 0.05) is 6.20 Å². The molecule has 3 nitrogen and oxygen atoms in total. The first-order chi connectivity index (χ1) is 9.92. The van der Waals surface area contributed by atoms with Crippen molar-refractivity contribution in [2.24, 2.45) is 0 Å². The predicted molar refractivity (Wildman–Crippen MR) is 79.5 cm³/mol. The maximum atomic E-state index is 5.55. The highest BCUT2D eigenvalue weighted by molar-refractivity contribution is 5.37. The minimum absolute atomic E-state index is 0.0716. The van der Waals surface area contributed by atoms with E-state index < -0.39 is 0 Å². The third kappa shape index (κ3) is 3.06. The largest absolute Gasteiger partial charge is 0.467 e. The second-order valence-electron chi connectivity index (χ2n) is 4.62. The summed E-state index contributed by atoms with van der Waals surface area (Å²) in [6.07, 6.45) is 4.34. The maximum absolute atomic E-state index is 5.55. The number of rotatable bonds is 5. The van der Waals surface area contributed by atoms with E-state index in [0.29, 0.717) is 0 Å². The van der Waals surface area contributed by atoms with Crippen LogP contribution in [-0.4, -0.2) is 4.98 Å². The lowest BCUT2D eigenvalue weighted by Crippen LogP contribution is -2.13. The molecule has 0 bridgehead atoms. The smallest absolute Gasteiger partial charge is 0.126 e. The number of anilines is 1. The van der Waals surface area contributed by atoms with Crippen molar-refractivity contribution in [3.63, 3.8) is 0 Å². The van der Waals surface area contributed by atoms with Crippen LogP contribution in [0.3, 0.4) is 0 Å². The molecule has 0 saturated carbocycles. The molecule has 3 heteroatoms. The molecule has 100 valence electrons. The summed E-state index contributed by atoms with van der Waals surface area (Å²) in [6.45, 7) is 0. The molecule has 1 atom stereocenters. The highest BCUT2D eigenvalue weighted by Gasteiger charge is 2.15. The molecule has 3 rings (SSSR count). The SMILES string of the molecule is c1ccc(CC(Nc2ccccn2)c2ccco2)cc1. The van der Waals surface area contributed by atoms with Gasteiger partial charge in [0.1, 0.15) is 11.6 Å². The van der Waals surface area contributed by atoms with Crippen LogP contribution in [0.25, 0.3) is 0 Å². The third-order valence-electron chi connectivity index (χ3n) is 3.16. The van der Waals surface area contributed by atoms with Gasteiger partial charge in [-0.25, -0.2) is 4.98 Å². The summed E-state index contributed by atoms with van der Waals surface area (Å²) in [7, 11) is 0. The molecular formula is C17H16N2O. The first-order valence-electron chi connectivity index (χ1n) is 6.67. The monoisotopic (exact) mass is 264 g/mol. The van der Waals surface area contributed by atoms with Crippen molar-refractivity contribution < 1.29 is 4.42 Å².